The first kappa shape index (κ1) is 14.3. The summed E-state index contributed by atoms with van der Waals surface area (Å²) in [5, 5.41) is 9.78. The molecule has 0 radical (unpaired) electrons. The molecule has 3 rings (SSSR count). The van der Waals surface area contributed by atoms with Gasteiger partial charge in [-0.1, -0.05) is 60.7 Å². The SMILES string of the molecule is OC[C@@H]1CN(Cc2ccccc2)CC[C@H]1c1ccccc1. The summed E-state index contributed by atoms with van der Waals surface area (Å²) >= 11 is 0. The van der Waals surface area contributed by atoms with Crippen molar-refractivity contribution in [3.05, 3.63) is 71.8 Å². The first-order chi connectivity index (χ1) is 10.4. The number of hydrogen-bond acceptors (Lipinski definition) is 2. The largest absolute Gasteiger partial charge is 0.396 e. The van der Waals surface area contributed by atoms with Crippen LogP contribution in [0.3, 0.4) is 0 Å². The highest BCUT2D eigenvalue weighted by Crippen LogP contribution is 2.33. The van der Waals surface area contributed by atoms with Crippen LogP contribution in [0.1, 0.15) is 23.5 Å². The number of benzene rings is 2. The molecule has 0 aromatic heterocycles. The van der Waals surface area contributed by atoms with Crippen molar-refractivity contribution in [2.45, 2.75) is 18.9 Å². The first-order valence-corrected chi connectivity index (χ1v) is 7.79. The Bertz CT molecular complexity index is 540. The molecule has 110 valence electrons. The van der Waals surface area contributed by atoms with E-state index in [0.29, 0.717) is 11.8 Å². The smallest absolute Gasteiger partial charge is 0.0477 e. The normalized spacial score (nSPS) is 23.1. The van der Waals surface area contributed by atoms with Crippen LogP contribution in [0.15, 0.2) is 60.7 Å². The predicted molar refractivity (Wildman–Crippen MR) is 86.1 cm³/mol. The van der Waals surface area contributed by atoms with Crippen molar-refractivity contribution in [1.82, 2.24) is 4.90 Å². The summed E-state index contributed by atoms with van der Waals surface area (Å²) in [6.45, 7) is 3.33. The molecule has 2 nitrogen and oxygen atoms in total. The highest BCUT2D eigenvalue weighted by Gasteiger charge is 2.29. The average molecular weight is 281 g/mol. The Balaban J connectivity index is 1.66. The summed E-state index contributed by atoms with van der Waals surface area (Å²) < 4.78 is 0. The monoisotopic (exact) mass is 281 g/mol. The number of rotatable bonds is 4. The standard InChI is InChI=1S/C19H23NO/c21-15-18-14-20(13-16-7-3-1-4-8-16)12-11-19(18)17-9-5-2-6-10-17/h1-10,18-19,21H,11-15H2/t18-,19-/m0/s1. The van der Waals surface area contributed by atoms with E-state index in [-0.39, 0.29) is 6.61 Å². The van der Waals surface area contributed by atoms with E-state index in [1.54, 1.807) is 0 Å². The van der Waals surface area contributed by atoms with Crippen LogP contribution in [-0.2, 0) is 6.54 Å². The Morgan fingerprint density at radius 1 is 0.952 bits per heavy atom. The topological polar surface area (TPSA) is 23.5 Å². The van der Waals surface area contributed by atoms with E-state index in [1.165, 1.54) is 11.1 Å². The zero-order valence-electron chi connectivity index (χ0n) is 12.4. The van der Waals surface area contributed by atoms with E-state index < -0.39 is 0 Å². The summed E-state index contributed by atoms with van der Waals surface area (Å²) in [7, 11) is 0. The Morgan fingerprint density at radius 2 is 1.62 bits per heavy atom. The molecule has 2 atom stereocenters. The third kappa shape index (κ3) is 3.52. The molecule has 0 amide bonds. The van der Waals surface area contributed by atoms with Crippen LogP contribution in [0, 0.1) is 5.92 Å². The number of nitrogens with zero attached hydrogens (tertiary/aromatic N) is 1. The third-order valence-corrected chi connectivity index (χ3v) is 4.53. The zero-order chi connectivity index (χ0) is 14.5. The Hall–Kier alpha value is -1.64. The molecule has 0 bridgehead atoms. The number of piperidine rings is 1. The molecule has 21 heavy (non-hydrogen) atoms. The van der Waals surface area contributed by atoms with Gasteiger partial charge in [0.05, 0.1) is 0 Å². The molecule has 2 aromatic carbocycles. The van der Waals surface area contributed by atoms with Crippen molar-refractivity contribution in [2.24, 2.45) is 5.92 Å². The van der Waals surface area contributed by atoms with Crippen LogP contribution in [0.25, 0.3) is 0 Å². The van der Waals surface area contributed by atoms with Gasteiger partial charge in [0, 0.05) is 25.6 Å². The van der Waals surface area contributed by atoms with Crippen molar-refractivity contribution in [2.75, 3.05) is 19.7 Å². The highest BCUT2D eigenvalue weighted by molar-refractivity contribution is 5.21. The van der Waals surface area contributed by atoms with Gasteiger partial charge in [0.1, 0.15) is 0 Å². The van der Waals surface area contributed by atoms with Crippen molar-refractivity contribution in [1.29, 1.82) is 0 Å². The molecular formula is C19H23NO. The second-order valence-electron chi connectivity index (χ2n) is 5.97. The molecule has 0 unspecified atom stereocenters. The van der Waals surface area contributed by atoms with Gasteiger partial charge in [0.25, 0.3) is 0 Å². The van der Waals surface area contributed by atoms with Gasteiger partial charge in [-0.05, 0) is 30.0 Å². The minimum absolute atomic E-state index is 0.269. The molecule has 0 saturated carbocycles. The maximum absolute atomic E-state index is 9.78. The molecule has 0 spiro atoms. The molecule has 1 saturated heterocycles. The summed E-state index contributed by atoms with van der Waals surface area (Å²) in [6.07, 6.45) is 1.13. The highest BCUT2D eigenvalue weighted by atomic mass is 16.3. The molecule has 1 heterocycles. The fraction of sp³-hybridized carbons (Fsp3) is 0.368. The van der Waals surface area contributed by atoms with E-state index in [2.05, 4.69) is 65.6 Å². The molecule has 1 aliphatic heterocycles. The molecular weight excluding hydrogens is 258 g/mol. The third-order valence-electron chi connectivity index (χ3n) is 4.53. The van der Waals surface area contributed by atoms with Crippen LogP contribution >= 0.6 is 0 Å². The number of hydrogen-bond donors (Lipinski definition) is 1. The van der Waals surface area contributed by atoms with Gasteiger partial charge in [0.15, 0.2) is 0 Å². The number of likely N-dealkylation sites (tertiary alicyclic amines) is 1. The van der Waals surface area contributed by atoms with Crippen LogP contribution in [0.2, 0.25) is 0 Å². The fourth-order valence-corrected chi connectivity index (χ4v) is 3.42. The van der Waals surface area contributed by atoms with E-state index in [1.807, 2.05) is 0 Å². The first-order valence-electron chi connectivity index (χ1n) is 7.79. The van der Waals surface area contributed by atoms with Crippen molar-refractivity contribution in [3.63, 3.8) is 0 Å². The maximum atomic E-state index is 9.78. The molecule has 0 aliphatic carbocycles. The van der Waals surface area contributed by atoms with E-state index in [0.717, 1.165) is 26.1 Å². The minimum Gasteiger partial charge on any atom is -0.396 e. The second-order valence-corrected chi connectivity index (χ2v) is 5.97. The van der Waals surface area contributed by atoms with E-state index >= 15 is 0 Å². The summed E-state index contributed by atoms with van der Waals surface area (Å²) in [4.78, 5) is 2.47. The lowest BCUT2D eigenvalue weighted by molar-refractivity contribution is 0.0972. The number of aliphatic hydroxyl groups is 1. The number of aliphatic hydroxyl groups excluding tert-OH is 1. The van der Waals surface area contributed by atoms with Crippen molar-refractivity contribution < 1.29 is 5.11 Å². The lowest BCUT2D eigenvalue weighted by Crippen LogP contribution is -2.40. The van der Waals surface area contributed by atoms with Crippen molar-refractivity contribution >= 4 is 0 Å². The molecule has 2 aromatic rings. The molecule has 2 heteroatoms. The van der Waals surface area contributed by atoms with E-state index in [4.69, 9.17) is 0 Å². The van der Waals surface area contributed by atoms with Crippen LogP contribution in [-0.4, -0.2) is 29.7 Å². The lowest BCUT2D eigenvalue weighted by atomic mass is 9.81. The predicted octanol–water partition coefficient (Wildman–Crippen LogP) is 3.28. The van der Waals surface area contributed by atoms with Crippen LogP contribution in [0.5, 0.6) is 0 Å². The van der Waals surface area contributed by atoms with Crippen molar-refractivity contribution in [3.8, 4) is 0 Å². The molecule has 1 aliphatic rings. The van der Waals surface area contributed by atoms with Crippen LogP contribution < -0.4 is 0 Å². The van der Waals surface area contributed by atoms with Gasteiger partial charge in [-0.15, -0.1) is 0 Å². The summed E-state index contributed by atoms with van der Waals surface area (Å²) in [6, 6.07) is 21.2. The zero-order valence-corrected chi connectivity index (χ0v) is 12.4. The van der Waals surface area contributed by atoms with E-state index in [9.17, 15) is 5.11 Å². The summed E-state index contributed by atoms with van der Waals surface area (Å²) in [5.41, 5.74) is 2.73. The quantitative estimate of drug-likeness (QED) is 0.929. The van der Waals surface area contributed by atoms with Gasteiger partial charge in [0.2, 0.25) is 0 Å². The minimum atomic E-state index is 0.269. The van der Waals surface area contributed by atoms with Gasteiger partial charge < -0.3 is 5.11 Å². The average Bonchev–Trinajstić information content (AvgIpc) is 2.56. The van der Waals surface area contributed by atoms with Gasteiger partial charge >= 0.3 is 0 Å². The van der Waals surface area contributed by atoms with Gasteiger partial charge in [-0.2, -0.15) is 0 Å². The van der Waals surface area contributed by atoms with Gasteiger partial charge in [-0.25, -0.2) is 0 Å². The summed E-state index contributed by atoms with van der Waals surface area (Å²) in [5.74, 6) is 0.827. The maximum Gasteiger partial charge on any atom is 0.0477 e. The Labute approximate surface area is 127 Å². The van der Waals surface area contributed by atoms with Crippen LogP contribution in [0.4, 0.5) is 0 Å². The lowest BCUT2D eigenvalue weighted by Gasteiger charge is -2.38. The molecule has 1 N–H and O–H groups in total. The second kappa shape index (κ2) is 6.88. The van der Waals surface area contributed by atoms with Gasteiger partial charge in [-0.3, -0.25) is 4.90 Å². The Kier molecular flexibility index (Phi) is 4.69. The Morgan fingerprint density at radius 3 is 2.29 bits per heavy atom. The molecule has 1 fully saturated rings. The fourth-order valence-electron chi connectivity index (χ4n) is 3.42.